The molecule has 2 aliphatic rings. The largest absolute Gasteiger partial charge is 0.357 e. The predicted molar refractivity (Wildman–Crippen MR) is 148 cm³/mol. The van der Waals surface area contributed by atoms with E-state index in [0.717, 1.165) is 12.1 Å². The van der Waals surface area contributed by atoms with Gasteiger partial charge < -0.3 is 10.2 Å². The van der Waals surface area contributed by atoms with Crippen molar-refractivity contribution in [3.05, 3.63) is 63.7 Å². The summed E-state index contributed by atoms with van der Waals surface area (Å²) < 4.78 is 29.9. The van der Waals surface area contributed by atoms with E-state index in [9.17, 15) is 28.0 Å². The van der Waals surface area contributed by atoms with Crippen LogP contribution in [0.4, 0.5) is 8.78 Å². The first kappa shape index (κ1) is 27.0. The SMILES string of the molecule is Bc1c(C(B)(B)NC(=O)C(F)(F)c2ccc(Cl)cc2)ccc2c1C(B)(B)N(C1CCC(=O)NC1=O)C2=O. The molecule has 1 atom stereocenters. The van der Waals surface area contributed by atoms with Crippen LogP contribution in [0.2, 0.25) is 5.02 Å². The molecule has 0 radical (unpaired) electrons. The van der Waals surface area contributed by atoms with Gasteiger partial charge in [-0.25, -0.2) is 0 Å². The molecule has 4 amide bonds. The van der Waals surface area contributed by atoms with Gasteiger partial charge in [0.25, 0.3) is 11.8 Å². The number of piperidine rings is 1. The normalized spacial score (nSPS) is 19.4. The van der Waals surface area contributed by atoms with Crippen LogP contribution in [0.3, 0.4) is 0 Å². The average Bonchev–Trinajstić information content (AvgIpc) is 3.00. The number of imide groups is 1. The van der Waals surface area contributed by atoms with Gasteiger partial charge in [0.05, 0.1) is 0 Å². The lowest BCUT2D eigenvalue weighted by atomic mass is 9.51. The molecular formula is C22H23B5ClF2N3O4. The number of hydrogen-bond donors (Lipinski definition) is 2. The molecule has 0 saturated carbocycles. The first-order chi connectivity index (χ1) is 17.1. The molecule has 2 heterocycles. The van der Waals surface area contributed by atoms with Crippen molar-refractivity contribution in [1.82, 2.24) is 15.5 Å². The number of amides is 4. The molecule has 0 spiro atoms. The minimum Gasteiger partial charge on any atom is -0.357 e. The zero-order valence-electron chi connectivity index (χ0n) is 21.2. The molecule has 0 bridgehead atoms. The molecule has 2 aromatic carbocycles. The van der Waals surface area contributed by atoms with Crippen LogP contribution in [0, 0.1) is 0 Å². The smallest absolute Gasteiger partial charge is 0.349 e. The third kappa shape index (κ3) is 4.49. The van der Waals surface area contributed by atoms with Crippen molar-refractivity contribution in [1.29, 1.82) is 0 Å². The highest BCUT2D eigenvalue weighted by molar-refractivity contribution is 6.49. The molecule has 186 valence electrons. The van der Waals surface area contributed by atoms with E-state index in [1.165, 1.54) is 17.0 Å². The molecule has 4 rings (SSSR count). The Labute approximate surface area is 222 Å². The fourth-order valence-electron chi connectivity index (χ4n) is 5.54. The van der Waals surface area contributed by atoms with Crippen molar-refractivity contribution >= 4 is 79.9 Å². The summed E-state index contributed by atoms with van der Waals surface area (Å²) in [6, 6.07) is 7.21. The number of rotatable bonds is 5. The Balaban J connectivity index is 1.67. The molecule has 37 heavy (non-hydrogen) atoms. The Morgan fingerprint density at radius 3 is 2.32 bits per heavy atom. The molecule has 0 aliphatic carbocycles. The van der Waals surface area contributed by atoms with E-state index < -0.39 is 40.0 Å². The highest BCUT2D eigenvalue weighted by Crippen LogP contribution is 2.38. The van der Waals surface area contributed by atoms with Crippen molar-refractivity contribution in [2.24, 2.45) is 0 Å². The Hall–Kier alpha value is -3.01. The number of carbonyl (C=O) groups is 4. The van der Waals surface area contributed by atoms with Gasteiger partial charge in [0.15, 0.2) is 0 Å². The Kier molecular flexibility index (Phi) is 6.63. The highest BCUT2D eigenvalue weighted by Gasteiger charge is 2.50. The molecule has 7 nitrogen and oxygen atoms in total. The van der Waals surface area contributed by atoms with Crippen LogP contribution in [-0.2, 0) is 31.0 Å². The van der Waals surface area contributed by atoms with Crippen molar-refractivity contribution in [3.8, 4) is 0 Å². The predicted octanol–water partition coefficient (Wildman–Crippen LogP) is -3.48. The number of fused-ring (bicyclic) bond motifs is 1. The maximum atomic E-state index is 15.0. The summed E-state index contributed by atoms with van der Waals surface area (Å²) in [6.45, 7) is 0. The van der Waals surface area contributed by atoms with Crippen molar-refractivity contribution in [2.75, 3.05) is 0 Å². The van der Waals surface area contributed by atoms with Gasteiger partial charge in [-0.3, -0.25) is 24.5 Å². The Morgan fingerprint density at radius 1 is 1.11 bits per heavy atom. The van der Waals surface area contributed by atoms with Gasteiger partial charge >= 0.3 is 5.92 Å². The summed E-state index contributed by atoms with van der Waals surface area (Å²) in [5, 5.41) is 2.88. The first-order valence-electron chi connectivity index (χ1n) is 11.9. The number of halogens is 3. The summed E-state index contributed by atoms with van der Waals surface area (Å²) in [6.07, 6.45) is 0.332. The van der Waals surface area contributed by atoms with Crippen LogP contribution in [0.1, 0.15) is 39.9 Å². The number of nitrogens with zero attached hydrogens (tertiary/aromatic N) is 1. The topological polar surface area (TPSA) is 95.6 Å². The number of carbonyl (C=O) groups excluding carboxylic acids is 4. The highest BCUT2D eigenvalue weighted by atomic mass is 35.5. The number of alkyl halides is 2. The standard InChI is InChI=1S/C22H23B5ClF2N3O4/c23-16-12(21(24,25)32-19(37)20(29,30)9-1-3-10(28)4-2-9)6-5-11-15(16)22(26,27)33(18(11)36)13-7-8-14(34)31-17(13)35/h1-6,13H,7-8,23-27H2,(H,32,37)(H,31,34,35). The molecule has 2 aromatic rings. The van der Waals surface area contributed by atoms with E-state index in [1.54, 1.807) is 51.4 Å². The fraction of sp³-hybridized carbons (Fsp3) is 0.273. The molecule has 1 saturated heterocycles. The second-order valence-corrected chi connectivity index (χ2v) is 11.0. The lowest BCUT2D eigenvalue weighted by Gasteiger charge is -2.41. The van der Waals surface area contributed by atoms with Gasteiger partial charge in [-0.15, -0.1) is 0 Å². The van der Waals surface area contributed by atoms with E-state index in [1.807, 2.05) is 0 Å². The van der Waals surface area contributed by atoms with Crippen molar-refractivity contribution in [2.45, 2.75) is 35.5 Å². The monoisotopic (exact) mass is 521 g/mol. The number of nitrogens with one attached hydrogen (secondary N) is 2. The summed E-state index contributed by atoms with van der Waals surface area (Å²) in [5.41, 5.74) is 1.75. The van der Waals surface area contributed by atoms with E-state index >= 15 is 0 Å². The van der Waals surface area contributed by atoms with Crippen LogP contribution in [0.25, 0.3) is 0 Å². The number of hydrogen-bond acceptors (Lipinski definition) is 4. The molecule has 2 N–H and O–H groups in total. The van der Waals surface area contributed by atoms with Crippen LogP contribution < -0.4 is 16.1 Å². The summed E-state index contributed by atoms with van der Waals surface area (Å²) in [5.74, 6) is -6.53. The van der Waals surface area contributed by atoms with Crippen molar-refractivity contribution < 1.29 is 28.0 Å². The van der Waals surface area contributed by atoms with Gasteiger partial charge in [0.2, 0.25) is 11.8 Å². The average molecular weight is 521 g/mol. The molecular weight excluding hydrogens is 498 g/mol. The van der Waals surface area contributed by atoms with Crippen LogP contribution in [-0.4, -0.2) is 73.8 Å². The van der Waals surface area contributed by atoms with Gasteiger partial charge in [-0.05, 0) is 35.7 Å². The molecule has 0 aromatic heterocycles. The van der Waals surface area contributed by atoms with Crippen molar-refractivity contribution in [3.63, 3.8) is 0 Å². The summed E-state index contributed by atoms with van der Waals surface area (Å²) in [7, 11) is 8.59. The van der Waals surface area contributed by atoms with Gasteiger partial charge in [0, 0.05) is 33.2 Å². The Morgan fingerprint density at radius 2 is 1.73 bits per heavy atom. The van der Waals surface area contributed by atoms with Crippen LogP contribution in [0.5, 0.6) is 0 Å². The lowest BCUT2D eigenvalue weighted by Crippen LogP contribution is -2.60. The van der Waals surface area contributed by atoms with E-state index in [-0.39, 0.29) is 29.7 Å². The third-order valence-electron chi connectivity index (χ3n) is 7.24. The van der Waals surface area contributed by atoms with Crippen LogP contribution >= 0.6 is 11.6 Å². The fourth-order valence-corrected chi connectivity index (χ4v) is 5.67. The minimum atomic E-state index is -3.80. The zero-order valence-corrected chi connectivity index (χ0v) is 21.9. The zero-order chi connectivity index (χ0) is 27.5. The molecule has 2 aliphatic heterocycles. The summed E-state index contributed by atoms with van der Waals surface area (Å²) in [4.78, 5) is 51.9. The maximum absolute atomic E-state index is 15.0. The van der Waals surface area contributed by atoms with E-state index in [4.69, 9.17) is 11.6 Å². The van der Waals surface area contributed by atoms with Gasteiger partial charge in [-0.1, -0.05) is 35.3 Å². The van der Waals surface area contributed by atoms with Gasteiger partial charge in [-0.2, -0.15) is 8.78 Å². The van der Waals surface area contributed by atoms with E-state index in [0.29, 0.717) is 22.2 Å². The first-order valence-corrected chi connectivity index (χ1v) is 12.2. The Bertz CT molecular complexity index is 1340. The second kappa shape index (κ2) is 9.08. The van der Waals surface area contributed by atoms with Crippen LogP contribution in [0.15, 0.2) is 36.4 Å². The maximum Gasteiger partial charge on any atom is 0.349 e. The third-order valence-corrected chi connectivity index (χ3v) is 7.49. The molecule has 15 heteroatoms. The molecule has 1 unspecified atom stereocenters. The van der Waals surface area contributed by atoms with E-state index in [2.05, 4.69) is 10.6 Å². The number of benzene rings is 2. The molecule has 1 fully saturated rings. The second-order valence-electron chi connectivity index (χ2n) is 10.5. The summed E-state index contributed by atoms with van der Waals surface area (Å²) >= 11 is 5.79. The minimum absolute atomic E-state index is 0.123. The van der Waals surface area contributed by atoms with Gasteiger partial charge in [0.1, 0.15) is 45.3 Å². The quantitative estimate of drug-likeness (QED) is 0.316. The lowest BCUT2D eigenvalue weighted by molar-refractivity contribution is -0.147.